The highest BCUT2D eigenvalue weighted by molar-refractivity contribution is 7.98. The van der Waals surface area contributed by atoms with Crippen molar-refractivity contribution in [3.8, 4) is 0 Å². The number of rotatable bonds is 11. The average Bonchev–Trinajstić information content (AvgIpc) is 2.55. The molecule has 0 radical (unpaired) electrons. The van der Waals surface area contributed by atoms with E-state index in [0.717, 1.165) is 19.4 Å². The molecule has 1 rings (SSSR count). The molecule has 1 saturated carbocycles. The lowest BCUT2D eigenvalue weighted by molar-refractivity contribution is 0.0542. The van der Waals surface area contributed by atoms with Gasteiger partial charge in [-0.05, 0) is 87.0 Å². The molecule has 1 N–H and O–H groups in total. The van der Waals surface area contributed by atoms with Gasteiger partial charge in [-0.2, -0.15) is 11.8 Å². The Morgan fingerprint density at radius 3 is 2.62 bits per heavy atom. The van der Waals surface area contributed by atoms with Crippen molar-refractivity contribution >= 4 is 18.1 Å². The van der Waals surface area contributed by atoms with Gasteiger partial charge < -0.3 is 4.90 Å². The third kappa shape index (κ3) is 7.32. The third-order valence-electron chi connectivity index (χ3n) is 5.10. The number of hydrogen-bond acceptors (Lipinski definition) is 2. The molecule has 0 saturated heterocycles. The average molecular weight is 349 g/mol. The molecule has 1 fully saturated rings. The first kappa shape index (κ1) is 21.1. The summed E-state index contributed by atoms with van der Waals surface area (Å²) in [5, 5.41) is 7.69. The van der Waals surface area contributed by atoms with E-state index >= 15 is 0 Å². The van der Waals surface area contributed by atoms with E-state index in [9.17, 15) is 0 Å². The fourth-order valence-electron chi connectivity index (χ4n) is 3.18. The van der Waals surface area contributed by atoms with Gasteiger partial charge in [-0.25, -0.2) is 0 Å². The molecule has 0 aromatic rings. The van der Waals surface area contributed by atoms with Gasteiger partial charge in [-0.3, -0.25) is 5.41 Å². The minimum Gasteiger partial charge on any atom is -0.360 e. The van der Waals surface area contributed by atoms with Gasteiger partial charge in [0.1, 0.15) is 0 Å². The summed E-state index contributed by atoms with van der Waals surface area (Å²) >= 11 is 1.91. The monoisotopic (exact) mass is 348 g/mol. The summed E-state index contributed by atoms with van der Waals surface area (Å²) in [6.45, 7) is 9.90. The maximum absolute atomic E-state index is 7.69. The molecule has 0 spiro atoms. The summed E-state index contributed by atoms with van der Waals surface area (Å²) < 4.78 is 0. The standard InChI is InChI=1S/C21H36N2S/c1-6-18(2)9-10-19(3)11-12-21(4)15-20(16-21)23(17-22)13-7-8-14-24-5/h10-11,17,20,22H,6-8,12-16H2,1-5H3. The highest BCUT2D eigenvalue weighted by atomic mass is 32.2. The van der Waals surface area contributed by atoms with E-state index in [1.165, 1.54) is 42.6 Å². The largest absolute Gasteiger partial charge is 0.360 e. The van der Waals surface area contributed by atoms with Gasteiger partial charge >= 0.3 is 0 Å². The molecule has 0 amide bonds. The molecule has 1 aliphatic rings. The summed E-state index contributed by atoms with van der Waals surface area (Å²) in [5.74, 6) is 1.23. The first-order chi connectivity index (χ1) is 11.4. The molecule has 0 aromatic carbocycles. The van der Waals surface area contributed by atoms with Crippen LogP contribution in [0.2, 0.25) is 0 Å². The summed E-state index contributed by atoms with van der Waals surface area (Å²) in [6, 6.07) is 0.577. The Balaban J connectivity index is 2.43. The Kier molecular flexibility index (Phi) is 9.54. The van der Waals surface area contributed by atoms with E-state index in [0.29, 0.717) is 11.5 Å². The van der Waals surface area contributed by atoms with Crippen LogP contribution >= 0.6 is 11.8 Å². The van der Waals surface area contributed by atoms with Crippen molar-refractivity contribution in [1.29, 1.82) is 5.41 Å². The van der Waals surface area contributed by atoms with Gasteiger partial charge in [0.05, 0.1) is 6.34 Å². The first-order valence-corrected chi connectivity index (χ1v) is 10.7. The van der Waals surface area contributed by atoms with Crippen LogP contribution in [0.25, 0.3) is 0 Å². The molecule has 0 unspecified atom stereocenters. The quantitative estimate of drug-likeness (QED) is 0.162. The molecule has 136 valence electrons. The molecule has 24 heavy (non-hydrogen) atoms. The van der Waals surface area contributed by atoms with Crippen molar-refractivity contribution < 1.29 is 0 Å². The lowest BCUT2D eigenvalue weighted by Gasteiger charge is -2.49. The van der Waals surface area contributed by atoms with E-state index in [-0.39, 0.29) is 0 Å². The maximum atomic E-state index is 7.69. The van der Waals surface area contributed by atoms with E-state index in [1.807, 2.05) is 11.8 Å². The van der Waals surface area contributed by atoms with E-state index < -0.39 is 0 Å². The SMILES string of the molecule is CCC(C)=C=CC(C)=CCC1(C)CC(N(C=N)CCCCSC)C1. The zero-order valence-electron chi connectivity index (χ0n) is 16.3. The van der Waals surface area contributed by atoms with Gasteiger partial charge in [-0.15, -0.1) is 5.73 Å². The van der Waals surface area contributed by atoms with Crippen LogP contribution in [-0.2, 0) is 0 Å². The number of nitrogens with one attached hydrogen (secondary N) is 1. The first-order valence-electron chi connectivity index (χ1n) is 9.28. The predicted molar refractivity (Wildman–Crippen MR) is 110 cm³/mol. The van der Waals surface area contributed by atoms with Crippen LogP contribution in [0.15, 0.2) is 29.0 Å². The van der Waals surface area contributed by atoms with Crippen LogP contribution in [0, 0.1) is 10.8 Å². The Hall–Kier alpha value is -0.920. The van der Waals surface area contributed by atoms with Crippen molar-refractivity contribution in [1.82, 2.24) is 4.90 Å². The van der Waals surface area contributed by atoms with Crippen molar-refractivity contribution in [2.45, 2.75) is 72.3 Å². The molecule has 0 bridgehead atoms. The molecule has 0 heterocycles. The maximum Gasteiger partial charge on any atom is 0.0819 e. The number of unbranched alkanes of at least 4 members (excludes halogenated alkanes) is 1. The van der Waals surface area contributed by atoms with Gasteiger partial charge in [0, 0.05) is 12.6 Å². The molecule has 0 aromatic heterocycles. The summed E-state index contributed by atoms with van der Waals surface area (Å²) in [7, 11) is 0. The Labute approximate surface area is 154 Å². The second kappa shape index (κ2) is 10.8. The molecule has 0 atom stereocenters. The second-order valence-corrected chi connectivity index (χ2v) is 8.50. The third-order valence-corrected chi connectivity index (χ3v) is 5.80. The Bertz CT molecular complexity index is 480. The fraction of sp³-hybridized carbons (Fsp3) is 0.714. The zero-order valence-corrected chi connectivity index (χ0v) is 17.1. The topological polar surface area (TPSA) is 27.1 Å². The molecular formula is C21H36N2S. The Morgan fingerprint density at radius 2 is 2.04 bits per heavy atom. The van der Waals surface area contributed by atoms with Crippen LogP contribution in [0.3, 0.4) is 0 Å². The highest BCUT2D eigenvalue weighted by Crippen LogP contribution is 2.46. The van der Waals surface area contributed by atoms with Crippen molar-refractivity contribution in [2.24, 2.45) is 5.41 Å². The van der Waals surface area contributed by atoms with E-state index in [1.54, 1.807) is 6.34 Å². The van der Waals surface area contributed by atoms with Crippen LogP contribution in [-0.4, -0.2) is 35.8 Å². The van der Waals surface area contributed by atoms with Gasteiger partial charge in [-0.1, -0.05) is 19.9 Å². The van der Waals surface area contributed by atoms with Gasteiger partial charge in [0.15, 0.2) is 0 Å². The second-order valence-electron chi connectivity index (χ2n) is 7.51. The van der Waals surface area contributed by atoms with Gasteiger partial charge in [0.25, 0.3) is 0 Å². The fourth-order valence-corrected chi connectivity index (χ4v) is 3.67. The van der Waals surface area contributed by atoms with Crippen LogP contribution in [0.5, 0.6) is 0 Å². The normalized spacial score (nSPS) is 23.2. The molecule has 1 aliphatic carbocycles. The summed E-state index contributed by atoms with van der Waals surface area (Å²) in [4.78, 5) is 2.26. The van der Waals surface area contributed by atoms with Crippen LogP contribution in [0.4, 0.5) is 0 Å². The zero-order chi connectivity index (χ0) is 18.0. The Morgan fingerprint density at radius 1 is 1.33 bits per heavy atom. The summed E-state index contributed by atoms with van der Waals surface area (Å²) in [5.41, 5.74) is 6.38. The van der Waals surface area contributed by atoms with E-state index in [2.05, 4.69) is 56.7 Å². The van der Waals surface area contributed by atoms with Gasteiger partial charge in [0.2, 0.25) is 0 Å². The molecule has 2 nitrogen and oxygen atoms in total. The van der Waals surface area contributed by atoms with E-state index in [4.69, 9.17) is 5.41 Å². The van der Waals surface area contributed by atoms with Crippen LogP contribution < -0.4 is 0 Å². The molecule has 3 heteroatoms. The lowest BCUT2D eigenvalue weighted by Crippen LogP contribution is -2.49. The smallest absolute Gasteiger partial charge is 0.0819 e. The van der Waals surface area contributed by atoms with Crippen molar-refractivity contribution in [2.75, 3.05) is 18.6 Å². The number of allylic oxidation sites excluding steroid dienone is 3. The lowest BCUT2D eigenvalue weighted by atomic mass is 9.64. The number of nitrogens with zero attached hydrogens (tertiary/aromatic N) is 1. The summed E-state index contributed by atoms with van der Waals surface area (Å²) in [6.07, 6.45) is 15.3. The van der Waals surface area contributed by atoms with Crippen molar-refractivity contribution in [3.05, 3.63) is 29.0 Å². The minimum atomic E-state index is 0.407. The molecule has 0 aliphatic heterocycles. The highest BCUT2D eigenvalue weighted by Gasteiger charge is 2.41. The van der Waals surface area contributed by atoms with Crippen molar-refractivity contribution in [3.63, 3.8) is 0 Å². The molecular weight excluding hydrogens is 312 g/mol. The minimum absolute atomic E-state index is 0.407. The number of thioether (sulfide) groups is 1. The van der Waals surface area contributed by atoms with Crippen LogP contribution in [0.1, 0.15) is 66.2 Å². The number of hydrogen-bond donors (Lipinski definition) is 1. The predicted octanol–water partition coefficient (Wildman–Crippen LogP) is 6.06.